The van der Waals surface area contributed by atoms with Crippen molar-refractivity contribution in [3.8, 4) is 0 Å². The average molecular weight is 313 g/mol. The smallest absolute Gasteiger partial charge is 0.278 e. The summed E-state index contributed by atoms with van der Waals surface area (Å²) in [7, 11) is 0. The van der Waals surface area contributed by atoms with E-state index < -0.39 is 0 Å². The van der Waals surface area contributed by atoms with E-state index in [2.05, 4.69) is 21.4 Å². The first-order valence-corrected chi connectivity index (χ1v) is 8.03. The van der Waals surface area contributed by atoms with Crippen LogP contribution in [-0.2, 0) is 17.8 Å². The molecule has 23 heavy (non-hydrogen) atoms. The summed E-state index contributed by atoms with van der Waals surface area (Å²) in [6.07, 6.45) is 3.11. The lowest BCUT2D eigenvalue weighted by molar-refractivity contribution is 0.0976. The predicted molar refractivity (Wildman–Crippen MR) is 85.7 cm³/mol. The van der Waals surface area contributed by atoms with Crippen LogP contribution in [0.4, 0.5) is 11.4 Å². The minimum absolute atomic E-state index is 0.251. The topological polar surface area (TPSA) is 67.6 Å². The van der Waals surface area contributed by atoms with Gasteiger partial charge in [-0.05, 0) is 31.0 Å². The lowest BCUT2D eigenvalue weighted by atomic mass is 10.1. The van der Waals surface area contributed by atoms with E-state index in [0.717, 1.165) is 35.8 Å². The lowest BCUT2D eigenvalue weighted by Crippen LogP contribution is -2.19. The van der Waals surface area contributed by atoms with E-state index in [4.69, 9.17) is 9.26 Å². The Morgan fingerprint density at radius 2 is 2.13 bits per heavy atom. The number of amides is 1. The van der Waals surface area contributed by atoms with Gasteiger partial charge >= 0.3 is 0 Å². The molecule has 2 aliphatic rings. The number of benzene rings is 1. The third kappa shape index (κ3) is 2.82. The van der Waals surface area contributed by atoms with Crippen molar-refractivity contribution in [3.63, 3.8) is 0 Å². The maximum absolute atomic E-state index is 12.5. The van der Waals surface area contributed by atoms with Crippen molar-refractivity contribution in [2.75, 3.05) is 29.9 Å². The number of aromatic nitrogens is 1. The molecule has 1 saturated heterocycles. The summed E-state index contributed by atoms with van der Waals surface area (Å²) in [5.74, 6) is 0.506. The molecule has 0 saturated carbocycles. The van der Waals surface area contributed by atoms with Crippen molar-refractivity contribution in [1.82, 2.24) is 5.16 Å². The Morgan fingerprint density at radius 1 is 1.26 bits per heavy atom. The van der Waals surface area contributed by atoms with Crippen LogP contribution in [0.3, 0.4) is 0 Å². The van der Waals surface area contributed by atoms with Crippen LogP contribution in [0.15, 0.2) is 28.8 Å². The van der Waals surface area contributed by atoms with Gasteiger partial charge in [0.25, 0.3) is 5.91 Å². The van der Waals surface area contributed by atoms with E-state index in [1.165, 1.54) is 12.8 Å². The van der Waals surface area contributed by atoms with E-state index in [9.17, 15) is 4.79 Å². The molecule has 1 aromatic carbocycles. The third-order valence-electron chi connectivity index (χ3n) is 4.38. The number of nitrogens with one attached hydrogen (secondary N) is 1. The zero-order valence-electron chi connectivity index (χ0n) is 12.9. The Balaban J connectivity index is 1.52. The molecular formula is C17H19N3O3. The first kappa shape index (κ1) is 14.3. The van der Waals surface area contributed by atoms with Crippen molar-refractivity contribution in [2.24, 2.45) is 0 Å². The second kappa shape index (κ2) is 6.04. The quantitative estimate of drug-likeness (QED) is 0.943. The van der Waals surface area contributed by atoms with E-state index in [-0.39, 0.29) is 5.91 Å². The van der Waals surface area contributed by atoms with Gasteiger partial charge in [0.15, 0.2) is 5.69 Å². The molecule has 0 spiro atoms. The monoisotopic (exact) mass is 313 g/mol. The van der Waals surface area contributed by atoms with Gasteiger partial charge in [-0.15, -0.1) is 0 Å². The van der Waals surface area contributed by atoms with Crippen LogP contribution < -0.4 is 10.2 Å². The summed E-state index contributed by atoms with van der Waals surface area (Å²) in [6, 6.07) is 7.93. The first-order chi connectivity index (χ1) is 11.3. The molecule has 2 aromatic rings. The summed E-state index contributed by atoms with van der Waals surface area (Å²) in [5.41, 5.74) is 3.01. The van der Waals surface area contributed by atoms with Crippen molar-refractivity contribution >= 4 is 17.3 Å². The van der Waals surface area contributed by atoms with Crippen LogP contribution in [0.5, 0.6) is 0 Å². The molecule has 1 aromatic heterocycles. The maximum atomic E-state index is 12.5. The van der Waals surface area contributed by atoms with Crippen LogP contribution in [0.25, 0.3) is 0 Å². The van der Waals surface area contributed by atoms with Gasteiger partial charge in [0, 0.05) is 30.9 Å². The SMILES string of the molecule is O=C(Nc1cccc(N2CCCC2)c1)c1noc2c1COCC2. The number of hydrogen-bond donors (Lipinski definition) is 1. The molecule has 6 heteroatoms. The molecule has 4 rings (SSSR count). The molecule has 2 aliphatic heterocycles. The number of hydrogen-bond acceptors (Lipinski definition) is 5. The standard InChI is InChI=1S/C17H19N3O3/c21-17(16-14-11-22-9-6-15(14)23-19-16)18-12-4-3-5-13(10-12)20-7-1-2-8-20/h3-5,10H,1-2,6-9,11H2,(H,18,21). The molecule has 1 N–H and O–H groups in total. The third-order valence-corrected chi connectivity index (χ3v) is 4.38. The average Bonchev–Trinajstić information content (AvgIpc) is 3.25. The number of rotatable bonds is 3. The second-order valence-corrected chi connectivity index (χ2v) is 5.93. The van der Waals surface area contributed by atoms with Crippen molar-refractivity contribution in [2.45, 2.75) is 25.9 Å². The normalized spacial score (nSPS) is 17.1. The fraction of sp³-hybridized carbons (Fsp3) is 0.412. The summed E-state index contributed by atoms with van der Waals surface area (Å²) >= 11 is 0. The molecule has 1 amide bonds. The number of carbonyl (C=O) groups excluding carboxylic acids is 1. The van der Waals surface area contributed by atoms with Gasteiger partial charge in [-0.25, -0.2) is 0 Å². The Bertz CT molecular complexity index is 720. The molecule has 120 valence electrons. The molecule has 1 fully saturated rings. The van der Waals surface area contributed by atoms with Crippen molar-refractivity contribution in [3.05, 3.63) is 41.3 Å². The number of fused-ring (bicyclic) bond motifs is 1. The Labute approximate surface area is 134 Å². The summed E-state index contributed by atoms with van der Waals surface area (Å²) in [4.78, 5) is 14.8. The highest BCUT2D eigenvalue weighted by Gasteiger charge is 2.24. The van der Waals surface area contributed by atoms with E-state index in [1.807, 2.05) is 18.2 Å². The molecule has 0 unspecified atom stereocenters. The maximum Gasteiger partial charge on any atom is 0.278 e. The van der Waals surface area contributed by atoms with Crippen molar-refractivity contribution < 1.29 is 14.1 Å². The van der Waals surface area contributed by atoms with Gasteiger partial charge in [0.1, 0.15) is 5.76 Å². The highest BCUT2D eigenvalue weighted by atomic mass is 16.5. The molecule has 0 radical (unpaired) electrons. The van der Waals surface area contributed by atoms with Crippen LogP contribution in [0, 0.1) is 0 Å². The van der Waals surface area contributed by atoms with Crippen LogP contribution >= 0.6 is 0 Å². The molecule has 3 heterocycles. The van der Waals surface area contributed by atoms with Crippen LogP contribution in [0.2, 0.25) is 0 Å². The zero-order valence-corrected chi connectivity index (χ0v) is 12.9. The van der Waals surface area contributed by atoms with Gasteiger partial charge in [-0.2, -0.15) is 0 Å². The molecule has 6 nitrogen and oxygen atoms in total. The van der Waals surface area contributed by atoms with E-state index in [0.29, 0.717) is 25.3 Å². The van der Waals surface area contributed by atoms with Gasteiger partial charge in [0.2, 0.25) is 0 Å². The van der Waals surface area contributed by atoms with Crippen LogP contribution in [0.1, 0.15) is 34.7 Å². The second-order valence-electron chi connectivity index (χ2n) is 5.93. The van der Waals surface area contributed by atoms with Gasteiger partial charge in [-0.3, -0.25) is 4.79 Å². The molecule has 0 aliphatic carbocycles. The molecule has 0 atom stereocenters. The minimum Gasteiger partial charge on any atom is -0.376 e. The minimum atomic E-state index is -0.251. The van der Waals surface area contributed by atoms with Crippen molar-refractivity contribution in [1.29, 1.82) is 0 Å². The van der Waals surface area contributed by atoms with Gasteiger partial charge in [-0.1, -0.05) is 11.2 Å². The van der Waals surface area contributed by atoms with Crippen LogP contribution in [-0.4, -0.2) is 30.8 Å². The fourth-order valence-corrected chi connectivity index (χ4v) is 3.15. The largest absolute Gasteiger partial charge is 0.376 e. The lowest BCUT2D eigenvalue weighted by Gasteiger charge is -2.18. The Hall–Kier alpha value is -2.34. The Kier molecular flexibility index (Phi) is 3.75. The summed E-state index contributed by atoms with van der Waals surface area (Å²) in [5, 5.41) is 6.83. The number of ether oxygens (including phenoxy) is 1. The summed E-state index contributed by atoms with van der Waals surface area (Å²) < 4.78 is 10.6. The zero-order chi connectivity index (χ0) is 15.6. The molecular weight excluding hydrogens is 294 g/mol. The Morgan fingerprint density at radius 3 is 3.00 bits per heavy atom. The molecule has 0 bridgehead atoms. The number of nitrogens with zero attached hydrogens (tertiary/aromatic N) is 2. The first-order valence-electron chi connectivity index (χ1n) is 8.03. The van der Waals surface area contributed by atoms with Gasteiger partial charge < -0.3 is 19.5 Å². The highest BCUT2D eigenvalue weighted by molar-refractivity contribution is 6.04. The highest BCUT2D eigenvalue weighted by Crippen LogP contribution is 2.25. The fourth-order valence-electron chi connectivity index (χ4n) is 3.15. The van der Waals surface area contributed by atoms with E-state index >= 15 is 0 Å². The van der Waals surface area contributed by atoms with E-state index in [1.54, 1.807) is 0 Å². The number of anilines is 2. The predicted octanol–water partition coefficient (Wildman–Crippen LogP) is 2.60. The summed E-state index contributed by atoms with van der Waals surface area (Å²) in [6.45, 7) is 3.15. The van der Waals surface area contributed by atoms with Gasteiger partial charge in [0.05, 0.1) is 18.8 Å². The number of carbonyl (C=O) groups is 1.